The maximum Gasteiger partial charge on any atom is 0.0431 e. The van der Waals surface area contributed by atoms with Gasteiger partial charge in [-0.1, -0.05) is 61.6 Å². The van der Waals surface area contributed by atoms with Crippen LogP contribution in [0.15, 0.2) is 30.3 Å². The maximum atomic E-state index is 8.00. The Balaban J connectivity index is 2.64. The number of hydrogen-bond donors (Lipinski definition) is 0. The summed E-state index contributed by atoms with van der Waals surface area (Å²) in [7, 11) is -1.09. The lowest BCUT2D eigenvalue weighted by Crippen LogP contribution is -2.21. The zero-order valence-corrected chi connectivity index (χ0v) is 9.67. The van der Waals surface area contributed by atoms with Gasteiger partial charge >= 0.3 is 0 Å². The number of nitrogens with one attached hydrogen (secondary N) is 1. The van der Waals surface area contributed by atoms with Gasteiger partial charge in [-0.2, -0.15) is 0 Å². The van der Waals surface area contributed by atoms with E-state index in [0.717, 1.165) is 11.6 Å². The number of benzene rings is 1. The minimum atomic E-state index is -1.09. The molecule has 0 aliphatic rings. The topological polar surface area (TPSA) is 23.8 Å². The fourth-order valence-corrected chi connectivity index (χ4v) is 2.88. The van der Waals surface area contributed by atoms with Crippen LogP contribution in [-0.2, 0) is 0 Å². The largest absolute Gasteiger partial charge is 0.671 e. The molecule has 0 aliphatic heterocycles. The van der Waals surface area contributed by atoms with E-state index in [1.54, 1.807) is 0 Å². The first-order valence-corrected chi connectivity index (χ1v) is 8.46. The molecule has 1 unspecified atom stereocenters. The molecule has 0 spiro atoms. The van der Waals surface area contributed by atoms with Gasteiger partial charge in [0.25, 0.3) is 0 Å². The summed E-state index contributed by atoms with van der Waals surface area (Å²) in [4.78, 5) is 0. The molecule has 72 valence electrons. The summed E-state index contributed by atoms with van der Waals surface area (Å²) >= 11 is 0. The molecule has 0 saturated heterocycles. The van der Waals surface area contributed by atoms with Crippen LogP contribution in [0.5, 0.6) is 0 Å². The van der Waals surface area contributed by atoms with Crippen LogP contribution in [0, 0.1) is 0 Å². The molecule has 1 aromatic carbocycles. The van der Waals surface area contributed by atoms with Crippen LogP contribution in [0.2, 0.25) is 25.7 Å². The Labute approximate surface area is 82.0 Å². The van der Waals surface area contributed by atoms with E-state index < -0.39 is 8.07 Å². The van der Waals surface area contributed by atoms with Crippen LogP contribution in [0.25, 0.3) is 5.73 Å². The highest BCUT2D eigenvalue weighted by Gasteiger charge is 2.14. The van der Waals surface area contributed by atoms with Crippen LogP contribution >= 0.6 is 0 Å². The lowest BCUT2D eigenvalue weighted by Gasteiger charge is -2.27. The van der Waals surface area contributed by atoms with Gasteiger partial charge in [-0.05, 0) is 0 Å². The summed E-state index contributed by atoms with van der Waals surface area (Å²) in [5.41, 5.74) is 9.16. The Hall–Kier alpha value is -0.603. The highest BCUT2D eigenvalue weighted by Crippen LogP contribution is 2.26. The molecule has 0 heterocycles. The average Bonchev–Trinajstić information content (AvgIpc) is 2.03. The van der Waals surface area contributed by atoms with Gasteiger partial charge in [0.2, 0.25) is 0 Å². The van der Waals surface area contributed by atoms with Crippen molar-refractivity contribution >= 4 is 8.07 Å². The smallest absolute Gasteiger partial charge is 0.0431 e. The van der Waals surface area contributed by atoms with E-state index in [1.807, 2.05) is 18.2 Å². The zero-order chi connectivity index (χ0) is 9.90. The van der Waals surface area contributed by atoms with E-state index in [9.17, 15) is 0 Å². The van der Waals surface area contributed by atoms with E-state index in [1.165, 1.54) is 0 Å². The van der Waals surface area contributed by atoms with Crippen molar-refractivity contribution in [2.45, 2.75) is 31.7 Å². The van der Waals surface area contributed by atoms with Crippen LogP contribution in [0.1, 0.15) is 11.6 Å². The highest BCUT2D eigenvalue weighted by atomic mass is 28.3. The van der Waals surface area contributed by atoms with E-state index in [-0.39, 0.29) is 6.04 Å². The van der Waals surface area contributed by atoms with Crippen molar-refractivity contribution in [3.8, 4) is 0 Å². The van der Waals surface area contributed by atoms with Crippen molar-refractivity contribution in [3.63, 3.8) is 0 Å². The lowest BCUT2D eigenvalue weighted by atomic mass is 10.1. The van der Waals surface area contributed by atoms with Gasteiger partial charge in [0.05, 0.1) is 0 Å². The highest BCUT2D eigenvalue weighted by molar-refractivity contribution is 6.76. The predicted molar refractivity (Wildman–Crippen MR) is 61.7 cm³/mol. The maximum absolute atomic E-state index is 8.00. The third-order valence-corrected chi connectivity index (χ3v) is 3.65. The molecule has 0 radical (unpaired) electrons. The lowest BCUT2D eigenvalue weighted by molar-refractivity contribution is 0.945. The molecule has 0 bridgehead atoms. The first-order chi connectivity index (χ1) is 5.99. The van der Waals surface area contributed by atoms with Gasteiger partial charge in [-0.15, -0.1) is 6.04 Å². The number of rotatable bonds is 3. The first-order valence-electron chi connectivity index (χ1n) is 4.75. The molecule has 1 atom stereocenters. The summed E-state index contributed by atoms with van der Waals surface area (Å²) in [5, 5.41) is 0. The first kappa shape index (κ1) is 10.5. The average molecular weight is 192 g/mol. The van der Waals surface area contributed by atoms with E-state index in [2.05, 4.69) is 31.8 Å². The Kier molecular flexibility index (Phi) is 3.28. The Morgan fingerprint density at radius 2 is 1.69 bits per heavy atom. The van der Waals surface area contributed by atoms with Gasteiger partial charge in [0, 0.05) is 8.07 Å². The summed E-state index contributed by atoms with van der Waals surface area (Å²) in [5.74, 6) is 0. The molecule has 0 saturated carbocycles. The van der Waals surface area contributed by atoms with Crippen molar-refractivity contribution < 1.29 is 0 Å². The summed E-state index contributed by atoms with van der Waals surface area (Å²) in [6.45, 7) is 6.95. The molecular formula is C11H18NSi-. The summed E-state index contributed by atoms with van der Waals surface area (Å²) in [6, 6.07) is 11.2. The molecule has 2 heteroatoms. The van der Waals surface area contributed by atoms with Crippen molar-refractivity contribution in [3.05, 3.63) is 41.6 Å². The molecule has 0 amide bonds. The van der Waals surface area contributed by atoms with Crippen LogP contribution < -0.4 is 0 Å². The van der Waals surface area contributed by atoms with Gasteiger partial charge in [0.1, 0.15) is 0 Å². The standard InChI is InChI=1S/C11H18NSi/c1-13(2,3)9-11(12)10-7-5-4-6-8-10/h4-8,11-12H,9H2,1-3H3/q-1. The molecule has 1 N–H and O–H groups in total. The molecule has 1 rings (SSSR count). The van der Waals surface area contributed by atoms with E-state index >= 15 is 0 Å². The Bertz CT molecular complexity index is 251. The second-order valence-electron chi connectivity index (χ2n) is 4.73. The third kappa shape index (κ3) is 3.74. The monoisotopic (exact) mass is 192 g/mol. The van der Waals surface area contributed by atoms with Crippen molar-refractivity contribution in [1.82, 2.24) is 0 Å². The fraction of sp³-hybridized carbons (Fsp3) is 0.455. The third-order valence-electron chi connectivity index (χ3n) is 2.02. The summed E-state index contributed by atoms with van der Waals surface area (Å²) in [6.07, 6.45) is 0. The molecule has 1 aromatic rings. The fourth-order valence-electron chi connectivity index (χ4n) is 1.42. The second kappa shape index (κ2) is 4.07. The SMILES string of the molecule is C[Si](C)(C)CC([NH-])c1ccccc1. The molecule has 13 heavy (non-hydrogen) atoms. The van der Waals surface area contributed by atoms with Gasteiger partial charge in [-0.3, -0.25) is 0 Å². The summed E-state index contributed by atoms with van der Waals surface area (Å²) < 4.78 is 0. The van der Waals surface area contributed by atoms with Gasteiger partial charge in [0.15, 0.2) is 0 Å². The van der Waals surface area contributed by atoms with Crippen molar-refractivity contribution in [2.75, 3.05) is 0 Å². The minimum absolute atomic E-state index is 0.0205. The van der Waals surface area contributed by atoms with Crippen LogP contribution in [-0.4, -0.2) is 8.07 Å². The normalized spacial score (nSPS) is 14.2. The van der Waals surface area contributed by atoms with Gasteiger partial charge in [-0.25, -0.2) is 0 Å². The van der Waals surface area contributed by atoms with Crippen LogP contribution in [0.4, 0.5) is 0 Å². The Morgan fingerprint density at radius 1 is 1.15 bits per heavy atom. The molecular weight excluding hydrogens is 174 g/mol. The zero-order valence-electron chi connectivity index (χ0n) is 8.67. The van der Waals surface area contributed by atoms with Crippen molar-refractivity contribution in [2.24, 2.45) is 0 Å². The minimum Gasteiger partial charge on any atom is -0.671 e. The van der Waals surface area contributed by atoms with Crippen LogP contribution in [0.3, 0.4) is 0 Å². The molecule has 1 nitrogen and oxygen atoms in total. The second-order valence-corrected chi connectivity index (χ2v) is 10.3. The van der Waals surface area contributed by atoms with Crippen molar-refractivity contribution in [1.29, 1.82) is 0 Å². The molecule has 0 aliphatic carbocycles. The quantitative estimate of drug-likeness (QED) is 0.643. The van der Waals surface area contributed by atoms with E-state index in [0.29, 0.717) is 0 Å². The van der Waals surface area contributed by atoms with Gasteiger partial charge < -0.3 is 5.73 Å². The Morgan fingerprint density at radius 3 is 2.15 bits per heavy atom. The van der Waals surface area contributed by atoms with E-state index in [4.69, 9.17) is 5.73 Å². The number of hydrogen-bond acceptors (Lipinski definition) is 0. The predicted octanol–water partition coefficient (Wildman–Crippen LogP) is 4.12. The molecule has 0 fully saturated rings. The molecule has 0 aromatic heterocycles.